The molecule has 0 spiro atoms. The molecule has 2 N–H and O–H groups in total. The molecule has 0 unspecified atom stereocenters. The lowest BCUT2D eigenvalue weighted by atomic mass is 10.2. The van der Waals surface area contributed by atoms with E-state index < -0.39 is 10.0 Å². The van der Waals surface area contributed by atoms with Gasteiger partial charge < -0.3 is 10.3 Å². The molecule has 0 atom stereocenters. The Bertz CT molecular complexity index is 673. The van der Waals surface area contributed by atoms with Crippen LogP contribution in [-0.2, 0) is 23.1 Å². The lowest BCUT2D eigenvalue weighted by molar-refractivity contribution is 0.412. The van der Waals surface area contributed by atoms with Crippen LogP contribution in [0.5, 0.6) is 0 Å². The van der Waals surface area contributed by atoms with Crippen LogP contribution in [0.1, 0.15) is 12.5 Å². The number of sulfonamides is 1. The minimum atomic E-state index is -3.63. The van der Waals surface area contributed by atoms with Crippen LogP contribution < -0.4 is 5.73 Å². The molecule has 0 fully saturated rings. The highest BCUT2D eigenvalue weighted by atomic mass is 35.5. The van der Waals surface area contributed by atoms with Crippen molar-refractivity contribution in [1.29, 1.82) is 0 Å². The summed E-state index contributed by atoms with van der Waals surface area (Å²) in [5.74, 6) is 0. The quantitative estimate of drug-likeness (QED) is 0.824. The molecule has 0 amide bonds. The normalized spacial score (nSPS) is 11.4. The van der Waals surface area contributed by atoms with Gasteiger partial charge in [0.2, 0.25) is 0 Å². The van der Waals surface area contributed by atoms with Gasteiger partial charge in [-0.05, 0) is 12.5 Å². The molecule has 0 bridgehead atoms. The molecule has 0 aliphatic heterocycles. The zero-order valence-electron chi connectivity index (χ0n) is 12.4. The summed E-state index contributed by atoms with van der Waals surface area (Å²) in [6.45, 7) is 3.42. The fourth-order valence-corrected chi connectivity index (χ4v) is 3.37. The van der Waals surface area contributed by atoms with Crippen molar-refractivity contribution < 1.29 is 8.42 Å². The zero-order chi connectivity index (χ0) is 15.3. The molecule has 0 aliphatic carbocycles. The molecule has 0 saturated heterocycles. The molecule has 1 heterocycles. The van der Waals surface area contributed by atoms with Crippen LogP contribution >= 0.6 is 12.4 Å². The highest BCUT2D eigenvalue weighted by molar-refractivity contribution is 7.89. The summed E-state index contributed by atoms with van der Waals surface area (Å²) in [4.78, 5) is 4.00. The number of halogens is 1. The van der Waals surface area contributed by atoms with Gasteiger partial charge in [0, 0.05) is 32.4 Å². The van der Waals surface area contributed by atoms with Crippen molar-refractivity contribution in [1.82, 2.24) is 13.9 Å². The Hall–Kier alpha value is -1.41. The third-order valence-electron chi connectivity index (χ3n) is 3.16. The number of rotatable bonds is 7. The third kappa shape index (κ3) is 4.30. The molecule has 1 aromatic heterocycles. The zero-order valence-corrected chi connectivity index (χ0v) is 14.1. The van der Waals surface area contributed by atoms with Gasteiger partial charge in [0.25, 0.3) is 10.0 Å². The van der Waals surface area contributed by atoms with E-state index in [0.717, 1.165) is 5.56 Å². The summed E-state index contributed by atoms with van der Waals surface area (Å²) >= 11 is 0. The number of aromatic nitrogens is 2. The highest BCUT2D eigenvalue weighted by Gasteiger charge is 2.26. The van der Waals surface area contributed by atoms with Gasteiger partial charge in [0.15, 0.2) is 5.03 Å². The maximum atomic E-state index is 12.7. The Morgan fingerprint density at radius 2 is 1.95 bits per heavy atom. The van der Waals surface area contributed by atoms with Crippen molar-refractivity contribution >= 4 is 22.4 Å². The van der Waals surface area contributed by atoms with Gasteiger partial charge in [-0.2, -0.15) is 4.31 Å². The highest BCUT2D eigenvalue weighted by Crippen LogP contribution is 2.16. The number of nitrogens with zero attached hydrogens (tertiary/aromatic N) is 3. The molecule has 1 aromatic carbocycles. The summed E-state index contributed by atoms with van der Waals surface area (Å²) in [5, 5.41) is 0.0636. The van der Waals surface area contributed by atoms with Gasteiger partial charge in [-0.1, -0.05) is 30.3 Å². The van der Waals surface area contributed by atoms with Crippen molar-refractivity contribution in [2.45, 2.75) is 25.0 Å². The minimum Gasteiger partial charge on any atom is -0.336 e. The van der Waals surface area contributed by atoms with Crippen molar-refractivity contribution in [2.75, 3.05) is 13.1 Å². The van der Waals surface area contributed by atoms with Crippen LogP contribution in [0, 0.1) is 0 Å². The summed E-state index contributed by atoms with van der Waals surface area (Å²) in [7, 11) is -3.63. The molecule has 2 rings (SSSR count). The number of imidazole rings is 1. The van der Waals surface area contributed by atoms with Crippen LogP contribution in [0.2, 0.25) is 0 Å². The van der Waals surface area contributed by atoms with E-state index in [4.69, 9.17) is 5.73 Å². The van der Waals surface area contributed by atoms with E-state index in [2.05, 4.69) is 4.98 Å². The van der Waals surface area contributed by atoms with Crippen molar-refractivity contribution in [3.8, 4) is 0 Å². The lowest BCUT2D eigenvalue weighted by Gasteiger charge is -2.20. The van der Waals surface area contributed by atoms with E-state index in [9.17, 15) is 8.42 Å². The van der Waals surface area contributed by atoms with Crippen LogP contribution in [0.4, 0.5) is 0 Å². The second-order valence-corrected chi connectivity index (χ2v) is 6.54. The first kappa shape index (κ1) is 18.6. The number of aryl methyl sites for hydroxylation is 1. The number of benzene rings is 1. The standard InChI is InChI=1S/C14H20N4O2S.ClH/c1-2-17-11-14(16-12-17)21(19,20)18(9-8-15)10-13-6-4-3-5-7-13;/h3-7,11-12H,2,8-10,15H2,1H3;1H. The van der Waals surface area contributed by atoms with E-state index in [-0.39, 0.29) is 30.5 Å². The van der Waals surface area contributed by atoms with Crippen molar-refractivity contribution in [3.63, 3.8) is 0 Å². The number of nitrogens with two attached hydrogens (primary N) is 1. The first-order valence-electron chi connectivity index (χ1n) is 6.84. The van der Waals surface area contributed by atoms with Gasteiger partial charge in [0.1, 0.15) is 0 Å². The monoisotopic (exact) mass is 344 g/mol. The molecular formula is C14H21ClN4O2S. The third-order valence-corrected chi connectivity index (χ3v) is 4.89. The predicted octanol–water partition coefficient (Wildman–Crippen LogP) is 1.47. The Morgan fingerprint density at radius 1 is 1.27 bits per heavy atom. The molecule has 2 aromatic rings. The molecule has 22 heavy (non-hydrogen) atoms. The Kier molecular flexibility index (Phi) is 7.02. The minimum absolute atomic E-state index is 0. The van der Waals surface area contributed by atoms with Gasteiger partial charge in [0.05, 0.1) is 6.33 Å². The fourth-order valence-electron chi connectivity index (χ4n) is 1.99. The largest absolute Gasteiger partial charge is 0.336 e. The van der Waals surface area contributed by atoms with E-state index >= 15 is 0 Å². The first-order chi connectivity index (χ1) is 10.1. The van der Waals surface area contributed by atoms with Gasteiger partial charge in [-0.25, -0.2) is 13.4 Å². The molecule has 0 aliphatic rings. The van der Waals surface area contributed by atoms with Gasteiger partial charge in [-0.15, -0.1) is 12.4 Å². The molecule has 8 heteroatoms. The molecule has 0 radical (unpaired) electrons. The lowest BCUT2D eigenvalue weighted by Crippen LogP contribution is -2.35. The van der Waals surface area contributed by atoms with Gasteiger partial charge in [-0.3, -0.25) is 0 Å². The smallest absolute Gasteiger partial charge is 0.262 e. The van der Waals surface area contributed by atoms with E-state index in [1.165, 1.54) is 10.6 Å². The average Bonchev–Trinajstić information content (AvgIpc) is 2.97. The Labute approximate surface area is 137 Å². The fraction of sp³-hybridized carbons (Fsp3) is 0.357. The second kappa shape index (κ2) is 8.28. The van der Waals surface area contributed by atoms with Crippen molar-refractivity contribution in [3.05, 3.63) is 48.4 Å². The van der Waals surface area contributed by atoms with E-state index in [0.29, 0.717) is 13.1 Å². The summed E-state index contributed by atoms with van der Waals surface area (Å²) in [5.41, 5.74) is 6.48. The van der Waals surface area contributed by atoms with E-state index in [1.54, 1.807) is 10.8 Å². The average molecular weight is 345 g/mol. The number of hydrogen-bond donors (Lipinski definition) is 1. The van der Waals surface area contributed by atoms with Crippen LogP contribution in [0.15, 0.2) is 47.9 Å². The topological polar surface area (TPSA) is 81.2 Å². The van der Waals surface area contributed by atoms with Gasteiger partial charge >= 0.3 is 0 Å². The molecular weight excluding hydrogens is 324 g/mol. The first-order valence-corrected chi connectivity index (χ1v) is 8.28. The molecule has 6 nitrogen and oxygen atoms in total. The predicted molar refractivity (Wildman–Crippen MR) is 88.2 cm³/mol. The summed E-state index contributed by atoms with van der Waals surface area (Å²) < 4.78 is 28.4. The second-order valence-electron chi connectivity index (χ2n) is 4.66. The number of hydrogen-bond acceptors (Lipinski definition) is 4. The van der Waals surface area contributed by atoms with Crippen molar-refractivity contribution in [2.24, 2.45) is 5.73 Å². The Balaban J connectivity index is 0.00000242. The molecule has 0 saturated carbocycles. The SMILES string of the molecule is CCn1cnc(S(=O)(=O)N(CCN)Cc2ccccc2)c1.Cl. The maximum Gasteiger partial charge on any atom is 0.262 e. The van der Waals surface area contributed by atoms with E-state index in [1.807, 2.05) is 37.3 Å². The summed E-state index contributed by atoms with van der Waals surface area (Å²) in [6.07, 6.45) is 3.07. The molecule has 122 valence electrons. The Morgan fingerprint density at radius 3 is 2.50 bits per heavy atom. The van der Waals surface area contributed by atoms with Crippen LogP contribution in [-0.4, -0.2) is 35.4 Å². The van der Waals surface area contributed by atoms with Crippen LogP contribution in [0.3, 0.4) is 0 Å². The van der Waals surface area contributed by atoms with Crippen LogP contribution in [0.25, 0.3) is 0 Å². The maximum absolute atomic E-state index is 12.7. The summed E-state index contributed by atoms with van der Waals surface area (Å²) in [6, 6.07) is 9.45.